The minimum absolute atomic E-state index is 0.108. The molecule has 10 heteroatoms. The van der Waals surface area contributed by atoms with E-state index >= 15 is 0 Å². The van der Waals surface area contributed by atoms with E-state index in [1.54, 1.807) is 38.3 Å². The van der Waals surface area contributed by atoms with Crippen LogP contribution in [0.25, 0.3) is 0 Å². The van der Waals surface area contributed by atoms with Crippen molar-refractivity contribution < 1.29 is 23.9 Å². The zero-order chi connectivity index (χ0) is 27.1. The third kappa shape index (κ3) is 5.80. The molecule has 0 radical (unpaired) electrons. The molecular formula is C28H34N4O5S. The van der Waals surface area contributed by atoms with Gasteiger partial charge in [-0.15, -0.1) is 0 Å². The number of carbonyl (C=O) groups excluding carboxylic acids is 3. The molecule has 2 aliphatic rings. The molecule has 202 valence electrons. The standard InChI is InChI=1S/C28H34N4O5S/c1-4-37-25(34)18-29-26(35)28(21-9-7-20(2)8-10-21)19-38-27(31-15-5-6-16-31)30-17-24(33)32(28)22-11-13-23(36-3)14-12-22/h7-14H,4-6,15-19H2,1-3H3,(H,29,35)/b30-27-. The number of aliphatic imine (C=N–C) groups is 1. The third-order valence-corrected chi connectivity index (χ3v) is 7.91. The van der Waals surface area contributed by atoms with Crippen LogP contribution in [0.2, 0.25) is 0 Å². The van der Waals surface area contributed by atoms with Gasteiger partial charge in [-0.3, -0.25) is 24.3 Å². The van der Waals surface area contributed by atoms with Gasteiger partial charge in [0.1, 0.15) is 18.8 Å². The molecule has 38 heavy (non-hydrogen) atoms. The van der Waals surface area contributed by atoms with Gasteiger partial charge in [0, 0.05) is 24.5 Å². The second-order valence-electron chi connectivity index (χ2n) is 9.22. The molecule has 9 nitrogen and oxygen atoms in total. The number of likely N-dealkylation sites (tertiary alicyclic amines) is 1. The van der Waals surface area contributed by atoms with E-state index in [1.165, 1.54) is 16.7 Å². The number of anilines is 1. The first-order valence-corrected chi connectivity index (χ1v) is 13.8. The topological polar surface area (TPSA) is 101 Å². The van der Waals surface area contributed by atoms with Gasteiger partial charge in [-0.05, 0) is 56.5 Å². The van der Waals surface area contributed by atoms with E-state index in [2.05, 4.69) is 15.2 Å². The number of carbonyl (C=O) groups is 3. The molecule has 1 saturated heterocycles. The highest BCUT2D eigenvalue weighted by Gasteiger charge is 2.50. The van der Waals surface area contributed by atoms with Crippen molar-refractivity contribution in [1.29, 1.82) is 0 Å². The van der Waals surface area contributed by atoms with Crippen molar-refractivity contribution in [2.75, 3.05) is 50.5 Å². The Balaban J connectivity index is 1.85. The normalized spacial score (nSPS) is 21.2. The summed E-state index contributed by atoms with van der Waals surface area (Å²) in [5.41, 5.74) is 0.736. The summed E-state index contributed by atoms with van der Waals surface area (Å²) in [5.74, 6) is -0.491. The fourth-order valence-electron chi connectivity index (χ4n) is 4.74. The molecule has 0 bridgehead atoms. The van der Waals surface area contributed by atoms with E-state index in [9.17, 15) is 14.4 Å². The fraction of sp³-hybridized carbons (Fsp3) is 0.429. The maximum atomic E-state index is 14.3. The van der Waals surface area contributed by atoms with Crippen molar-refractivity contribution in [3.63, 3.8) is 0 Å². The van der Waals surface area contributed by atoms with E-state index in [4.69, 9.17) is 9.47 Å². The van der Waals surface area contributed by atoms with Gasteiger partial charge in [-0.25, -0.2) is 0 Å². The number of amidine groups is 1. The summed E-state index contributed by atoms with van der Waals surface area (Å²) < 4.78 is 10.4. The predicted molar refractivity (Wildman–Crippen MR) is 149 cm³/mol. The lowest BCUT2D eigenvalue weighted by Crippen LogP contribution is -2.62. The Labute approximate surface area is 227 Å². The molecule has 0 spiro atoms. The summed E-state index contributed by atoms with van der Waals surface area (Å²) in [5, 5.41) is 3.53. The van der Waals surface area contributed by atoms with Gasteiger partial charge in [0.05, 0.1) is 13.7 Å². The number of thioether (sulfide) groups is 1. The van der Waals surface area contributed by atoms with Crippen LogP contribution in [0, 0.1) is 6.92 Å². The van der Waals surface area contributed by atoms with Crippen LogP contribution in [0.4, 0.5) is 5.69 Å². The molecule has 2 heterocycles. The monoisotopic (exact) mass is 538 g/mol. The predicted octanol–water partition coefficient (Wildman–Crippen LogP) is 3.11. The Hall–Kier alpha value is -3.53. The summed E-state index contributed by atoms with van der Waals surface area (Å²) in [7, 11) is 1.57. The highest BCUT2D eigenvalue weighted by Crippen LogP contribution is 2.39. The minimum atomic E-state index is -1.46. The second-order valence-corrected chi connectivity index (χ2v) is 10.2. The molecule has 2 amide bonds. The van der Waals surface area contributed by atoms with Gasteiger partial charge in [-0.1, -0.05) is 41.6 Å². The van der Waals surface area contributed by atoms with Crippen molar-refractivity contribution in [3.8, 4) is 5.75 Å². The number of hydrogen-bond donors (Lipinski definition) is 1. The average molecular weight is 539 g/mol. The molecule has 4 rings (SSSR count). The minimum Gasteiger partial charge on any atom is -0.497 e. The zero-order valence-electron chi connectivity index (χ0n) is 22.1. The zero-order valence-corrected chi connectivity index (χ0v) is 22.9. The van der Waals surface area contributed by atoms with Gasteiger partial charge in [-0.2, -0.15) is 0 Å². The van der Waals surface area contributed by atoms with Gasteiger partial charge >= 0.3 is 5.97 Å². The lowest BCUT2D eigenvalue weighted by atomic mass is 9.87. The smallest absolute Gasteiger partial charge is 0.325 e. The second kappa shape index (κ2) is 12.3. The van der Waals surface area contributed by atoms with Crippen LogP contribution in [0.3, 0.4) is 0 Å². The van der Waals surface area contributed by atoms with Crippen molar-refractivity contribution >= 4 is 40.4 Å². The summed E-state index contributed by atoms with van der Waals surface area (Å²) in [6.45, 7) is 5.21. The van der Waals surface area contributed by atoms with Crippen molar-refractivity contribution in [2.45, 2.75) is 32.2 Å². The summed E-state index contributed by atoms with van der Waals surface area (Å²) >= 11 is 1.46. The van der Waals surface area contributed by atoms with Crippen LogP contribution in [0.5, 0.6) is 5.75 Å². The van der Waals surface area contributed by atoms with Crippen molar-refractivity contribution in [2.24, 2.45) is 4.99 Å². The lowest BCUT2D eigenvalue weighted by Gasteiger charge is -2.44. The number of hydrogen-bond acceptors (Lipinski definition) is 8. The lowest BCUT2D eigenvalue weighted by molar-refractivity contribution is -0.144. The molecule has 2 aromatic rings. The van der Waals surface area contributed by atoms with Crippen LogP contribution in [0.1, 0.15) is 30.9 Å². The molecule has 1 N–H and O–H groups in total. The molecule has 2 aromatic carbocycles. The van der Waals surface area contributed by atoms with Crippen LogP contribution in [-0.4, -0.2) is 73.5 Å². The van der Waals surface area contributed by atoms with Crippen LogP contribution < -0.4 is 15.0 Å². The Morgan fingerprint density at radius 3 is 2.39 bits per heavy atom. The van der Waals surface area contributed by atoms with Crippen molar-refractivity contribution in [1.82, 2.24) is 10.2 Å². The quantitative estimate of drug-likeness (QED) is 0.541. The molecule has 0 saturated carbocycles. The van der Waals surface area contributed by atoms with Crippen LogP contribution >= 0.6 is 11.8 Å². The summed E-state index contributed by atoms with van der Waals surface area (Å²) in [6.07, 6.45) is 2.13. The first-order chi connectivity index (χ1) is 18.4. The molecular weight excluding hydrogens is 504 g/mol. The van der Waals surface area contributed by atoms with E-state index in [0.29, 0.717) is 17.0 Å². The van der Waals surface area contributed by atoms with Crippen LogP contribution in [0.15, 0.2) is 53.5 Å². The summed E-state index contributed by atoms with van der Waals surface area (Å²) in [6, 6.07) is 14.6. The molecule has 1 fully saturated rings. The average Bonchev–Trinajstić information content (AvgIpc) is 3.45. The van der Waals surface area contributed by atoms with Gasteiger partial charge < -0.3 is 19.7 Å². The highest BCUT2D eigenvalue weighted by molar-refractivity contribution is 8.13. The third-order valence-electron chi connectivity index (χ3n) is 6.70. The van der Waals surface area contributed by atoms with Crippen molar-refractivity contribution in [3.05, 3.63) is 59.7 Å². The molecule has 1 atom stereocenters. The number of benzene rings is 2. The molecule has 0 aromatic heterocycles. The Morgan fingerprint density at radius 2 is 1.76 bits per heavy atom. The summed E-state index contributed by atoms with van der Waals surface area (Å²) in [4.78, 5) is 48.8. The van der Waals surface area contributed by atoms with E-state index in [-0.39, 0.29) is 31.4 Å². The first kappa shape index (κ1) is 27.5. The SMILES string of the molecule is CCOC(=O)CNC(=O)C1(c2ccc(C)cc2)CS/C(N2CCCC2)=N\CC(=O)N1c1ccc(OC)cc1. The van der Waals surface area contributed by atoms with E-state index in [0.717, 1.165) is 36.7 Å². The Morgan fingerprint density at radius 1 is 1.08 bits per heavy atom. The van der Waals surface area contributed by atoms with Gasteiger partial charge in [0.25, 0.3) is 5.91 Å². The molecule has 1 unspecified atom stereocenters. The number of nitrogens with zero attached hydrogens (tertiary/aromatic N) is 3. The first-order valence-electron chi connectivity index (χ1n) is 12.8. The number of rotatable bonds is 7. The largest absolute Gasteiger partial charge is 0.497 e. The fourth-order valence-corrected chi connectivity index (χ4v) is 6.03. The number of amides is 2. The number of aryl methyl sites for hydroxylation is 1. The number of methoxy groups -OCH3 is 1. The molecule has 0 aliphatic carbocycles. The van der Waals surface area contributed by atoms with Gasteiger partial charge in [0.15, 0.2) is 10.7 Å². The number of nitrogens with one attached hydrogen (secondary N) is 1. The Kier molecular flexibility index (Phi) is 8.93. The maximum absolute atomic E-state index is 14.3. The maximum Gasteiger partial charge on any atom is 0.325 e. The molecule has 2 aliphatic heterocycles. The Bertz CT molecular complexity index is 1180. The van der Waals surface area contributed by atoms with Gasteiger partial charge in [0.2, 0.25) is 5.91 Å². The van der Waals surface area contributed by atoms with E-state index < -0.39 is 17.4 Å². The highest BCUT2D eigenvalue weighted by atomic mass is 32.2. The number of esters is 1. The van der Waals surface area contributed by atoms with Crippen LogP contribution in [-0.2, 0) is 24.7 Å². The van der Waals surface area contributed by atoms with E-state index in [1.807, 2.05) is 31.2 Å². The number of ether oxygens (including phenoxy) is 2.